The summed E-state index contributed by atoms with van der Waals surface area (Å²) in [5.41, 5.74) is 8.19. The Labute approximate surface area is 116 Å². The molecule has 0 heterocycles. The van der Waals surface area contributed by atoms with Crippen molar-refractivity contribution in [2.75, 3.05) is 6.54 Å². The standard InChI is InChI=1S/C15H19BrFN/c16-14-9-11(6-7-15(14)17)8-13(10-18)12-4-2-1-3-5-12/h6-9,12H,1-5,10,18H2. The van der Waals surface area contributed by atoms with E-state index in [1.807, 2.05) is 6.07 Å². The average molecular weight is 312 g/mol. The number of rotatable bonds is 3. The molecule has 98 valence electrons. The van der Waals surface area contributed by atoms with E-state index in [2.05, 4.69) is 22.0 Å². The van der Waals surface area contributed by atoms with Crippen LogP contribution in [0.3, 0.4) is 0 Å². The molecule has 1 aromatic rings. The van der Waals surface area contributed by atoms with E-state index in [0.717, 1.165) is 5.56 Å². The van der Waals surface area contributed by atoms with Crippen LogP contribution in [-0.2, 0) is 0 Å². The van der Waals surface area contributed by atoms with Gasteiger partial charge in [-0.1, -0.05) is 37.0 Å². The zero-order valence-corrected chi connectivity index (χ0v) is 12.0. The van der Waals surface area contributed by atoms with Crippen LogP contribution < -0.4 is 5.73 Å². The monoisotopic (exact) mass is 311 g/mol. The van der Waals surface area contributed by atoms with E-state index in [1.165, 1.54) is 43.7 Å². The summed E-state index contributed by atoms with van der Waals surface area (Å²) in [5, 5.41) is 0. The fourth-order valence-electron chi connectivity index (χ4n) is 2.63. The summed E-state index contributed by atoms with van der Waals surface area (Å²) in [6.45, 7) is 0.597. The largest absolute Gasteiger partial charge is 0.327 e. The molecule has 1 aliphatic rings. The van der Waals surface area contributed by atoms with Gasteiger partial charge in [0.2, 0.25) is 0 Å². The Hall–Kier alpha value is -0.670. The summed E-state index contributed by atoms with van der Waals surface area (Å²) in [7, 11) is 0. The lowest BCUT2D eigenvalue weighted by Crippen LogP contribution is -2.16. The molecule has 1 aliphatic carbocycles. The molecule has 1 saturated carbocycles. The number of halogens is 2. The maximum absolute atomic E-state index is 13.2. The molecule has 1 nitrogen and oxygen atoms in total. The minimum absolute atomic E-state index is 0.223. The third-order valence-electron chi connectivity index (χ3n) is 3.66. The molecule has 3 heteroatoms. The van der Waals surface area contributed by atoms with Gasteiger partial charge in [0.15, 0.2) is 0 Å². The number of hydrogen-bond donors (Lipinski definition) is 1. The minimum atomic E-state index is -0.223. The first-order valence-electron chi connectivity index (χ1n) is 6.56. The van der Waals surface area contributed by atoms with Gasteiger partial charge in [0.1, 0.15) is 5.82 Å². The first-order chi connectivity index (χ1) is 8.70. The van der Waals surface area contributed by atoms with Gasteiger partial charge >= 0.3 is 0 Å². The Bertz CT molecular complexity index is 436. The van der Waals surface area contributed by atoms with Crippen molar-refractivity contribution in [3.05, 3.63) is 39.6 Å². The van der Waals surface area contributed by atoms with Crippen molar-refractivity contribution in [2.45, 2.75) is 32.1 Å². The lowest BCUT2D eigenvalue weighted by Gasteiger charge is -2.24. The molecule has 1 fully saturated rings. The minimum Gasteiger partial charge on any atom is -0.327 e. The van der Waals surface area contributed by atoms with Crippen LogP contribution in [0.4, 0.5) is 4.39 Å². The van der Waals surface area contributed by atoms with Crippen molar-refractivity contribution in [3.8, 4) is 0 Å². The first-order valence-corrected chi connectivity index (χ1v) is 7.35. The van der Waals surface area contributed by atoms with Crippen LogP contribution in [0.2, 0.25) is 0 Å². The molecular formula is C15H19BrFN. The summed E-state index contributed by atoms with van der Waals surface area (Å²) in [6, 6.07) is 5.11. The predicted octanol–water partition coefficient (Wildman–Crippen LogP) is 4.51. The highest BCUT2D eigenvalue weighted by Gasteiger charge is 2.16. The predicted molar refractivity (Wildman–Crippen MR) is 77.7 cm³/mol. The van der Waals surface area contributed by atoms with E-state index in [4.69, 9.17) is 5.73 Å². The van der Waals surface area contributed by atoms with Crippen LogP contribution in [0.15, 0.2) is 28.2 Å². The fourth-order valence-corrected chi connectivity index (χ4v) is 3.03. The van der Waals surface area contributed by atoms with Crippen LogP contribution >= 0.6 is 15.9 Å². The van der Waals surface area contributed by atoms with E-state index in [9.17, 15) is 4.39 Å². The quantitative estimate of drug-likeness (QED) is 0.873. The van der Waals surface area contributed by atoms with Gasteiger partial charge in [0.05, 0.1) is 4.47 Å². The third-order valence-corrected chi connectivity index (χ3v) is 4.27. The van der Waals surface area contributed by atoms with Crippen LogP contribution in [0.25, 0.3) is 6.08 Å². The molecule has 0 radical (unpaired) electrons. The smallest absolute Gasteiger partial charge is 0.137 e. The van der Waals surface area contributed by atoms with Crippen LogP contribution in [0.1, 0.15) is 37.7 Å². The van der Waals surface area contributed by atoms with Crippen molar-refractivity contribution < 1.29 is 4.39 Å². The normalized spacial score (nSPS) is 18.1. The fraction of sp³-hybridized carbons (Fsp3) is 0.467. The number of nitrogens with two attached hydrogens (primary N) is 1. The van der Waals surface area contributed by atoms with Crippen molar-refractivity contribution in [2.24, 2.45) is 11.7 Å². The second-order valence-corrected chi connectivity index (χ2v) is 5.79. The number of benzene rings is 1. The molecule has 0 saturated heterocycles. The van der Waals surface area contributed by atoms with E-state index in [1.54, 1.807) is 6.07 Å². The summed E-state index contributed by atoms with van der Waals surface area (Å²) in [5.74, 6) is 0.395. The highest BCUT2D eigenvalue weighted by atomic mass is 79.9. The van der Waals surface area contributed by atoms with Gasteiger partial charge in [-0.3, -0.25) is 0 Å². The topological polar surface area (TPSA) is 26.0 Å². The Morgan fingerprint density at radius 3 is 2.67 bits per heavy atom. The average Bonchev–Trinajstić information content (AvgIpc) is 2.41. The molecule has 2 N–H and O–H groups in total. The molecule has 0 atom stereocenters. The van der Waals surface area contributed by atoms with Gasteiger partial charge in [-0.2, -0.15) is 0 Å². The lowest BCUT2D eigenvalue weighted by molar-refractivity contribution is 0.401. The Balaban J connectivity index is 2.19. The molecule has 1 aromatic carbocycles. The van der Waals surface area contributed by atoms with Crippen molar-refractivity contribution in [1.29, 1.82) is 0 Å². The van der Waals surface area contributed by atoms with E-state index < -0.39 is 0 Å². The molecule has 0 bridgehead atoms. The van der Waals surface area contributed by atoms with E-state index in [-0.39, 0.29) is 5.82 Å². The molecule has 0 aliphatic heterocycles. The van der Waals surface area contributed by atoms with Crippen LogP contribution in [0.5, 0.6) is 0 Å². The van der Waals surface area contributed by atoms with Crippen LogP contribution in [0, 0.1) is 11.7 Å². The van der Waals surface area contributed by atoms with Gasteiger partial charge in [0, 0.05) is 6.54 Å². The highest BCUT2D eigenvalue weighted by Crippen LogP contribution is 2.30. The van der Waals surface area contributed by atoms with Gasteiger partial charge in [-0.05, 0) is 52.4 Å². The SMILES string of the molecule is NCC(=Cc1ccc(F)c(Br)c1)C1CCCCC1. The molecule has 18 heavy (non-hydrogen) atoms. The third kappa shape index (κ3) is 3.42. The van der Waals surface area contributed by atoms with Gasteiger partial charge in [-0.25, -0.2) is 4.39 Å². The zero-order chi connectivity index (χ0) is 13.0. The Morgan fingerprint density at radius 1 is 1.33 bits per heavy atom. The highest BCUT2D eigenvalue weighted by molar-refractivity contribution is 9.10. The molecule has 0 amide bonds. The molecule has 2 rings (SSSR count). The summed E-state index contributed by atoms with van der Waals surface area (Å²) in [6.07, 6.45) is 8.55. The first kappa shape index (κ1) is 13.8. The molecule has 0 aromatic heterocycles. The molecule has 0 unspecified atom stereocenters. The second kappa shape index (κ2) is 6.48. The summed E-state index contributed by atoms with van der Waals surface area (Å²) >= 11 is 3.22. The lowest BCUT2D eigenvalue weighted by atomic mass is 9.83. The van der Waals surface area contributed by atoms with Crippen molar-refractivity contribution in [3.63, 3.8) is 0 Å². The van der Waals surface area contributed by atoms with Crippen LogP contribution in [-0.4, -0.2) is 6.54 Å². The van der Waals surface area contributed by atoms with Gasteiger partial charge in [-0.15, -0.1) is 0 Å². The zero-order valence-electron chi connectivity index (χ0n) is 10.5. The summed E-state index contributed by atoms with van der Waals surface area (Å²) < 4.78 is 13.7. The van der Waals surface area contributed by atoms with Gasteiger partial charge in [0.25, 0.3) is 0 Å². The van der Waals surface area contributed by atoms with Crippen molar-refractivity contribution in [1.82, 2.24) is 0 Å². The van der Waals surface area contributed by atoms with Gasteiger partial charge < -0.3 is 5.73 Å². The number of hydrogen-bond acceptors (Lipinski definition) is 1. The molecule has 0 spiro atoms. The summed E-state index contributed by atoms with van der Waals surface area (Å²) in [4.78, 5) is 0. The Morgan fingerprint density at radius 2 is 2.06 bits per heavy atom. The Kier molecular flexibility index (Phi) is 4.95. The van der Waals surface area contributed by atoms with Crippen molar-refractivity contribution >= 4 is 22.0 Å². The molecular weight excluding hydrogens is 293 g/mol. The second-order valence-electron chi connectivity index (χ2n) is 4.93. The maximum Gasteiger partial charge on any atom is 0.137 e. The van der Waals surface area contributed by atoms with E-state index >= 15 is 0 Å². The maximum atomic E-state index is 13.2. The van der Waals surface area contributed by atoms with E-state index in [0.29, 0.717) is 16.9 Å².